The summed E-state index contributed by atoms with van der Waals surface area (Å²) in [7, 11) is 0. The fourth-order valence-electron chi connectivity index (χ4n) is 9.00. The number of rotatable bonds is 24. The van der Waals surface area contributed by atoms with Crippen LogP contribution in [0.1, 0.15) is 148 Å². The number of aliphatic carboxylic acids is 1. The molecule has 6 rings (SSSR count). The van der Waals surface area contributed by atoms with Crippen molar-refractivity contribution in [2.45, 2.75) is 173 Å². The molecule has 2 aliphatic heterocycles. The molecule has 0 bridgehead atoms. The monoisotopic (exact) mass is 1210 g/mol. The molecule has 4 N–H and O–H groups in total. The molecule has 4 aromatic rings. The van der Waals surface area contributed by atoms with Gasteiger partial charge in [-0.1, -0.05) is 52.0 Å². The van der Waals surface area contributed by atoms with Crippen LogP contribution in [0.25, 0.3) is 0 Å². The lowest BCUT2D eigenvalue weighted by molar-refractivity contribution is -0.156. The first kappa shape index (κ1) is 71.5. The third-order valence-electron chi connectivity index (χ3n) is 13.7. The van der Waals surface area contributed by atoms with Gasteiger partial charge in [0.1, 0.15) is 40.5 Å². The van der Waals surface area contributed by atoms with Crippen LogP contribution in [-0.4, -0.2) is 160 Å². The summed E-state index contributed by atoms with van der Waals surface area (Å²) in [5.74, 6) is 0.791. The topological polar surface area (TPSA) is 263 Å². The van der Waals surface area contributed by atoms with Gasteiger partial charge in [-0.05, 0) is 144 Å². The van der Waals surface area contributed by atoms with Crippen molar-refractivity contribution >= 4 is 70.9 Å². The minimum absolute atomic E-state index is 0.0716. The Bertz CT molecular complexity index is 2820. The maximum atomic E-state index is 13.6. The number of ether oxygens (including phenoxy) is 4. The number of esters is 2. The van der Waals surface area contributed by atoms with E-state index in [1.54, 1.807) is 65.2 Å². The van der Waals surface area contributed by atoms with Crippen molar-refractivity contribution in [1.29, 1.82) is 0 Å². The highest BCUT2D eigenvalue weighted by Gasteiger charge is 2.31. The summed E-state index contributed by atoms with van der Waals surface area (Å²) in [4.78, 5) is 102. The number of nitrogens with one attached hydrogen (secondary N) is 3. The molecule has 23 nitrogen and oxygen atoms in total. The van der Waals surface area contributed by atoms with Crippen LogP contribution in [0, 0.1) is 11.8 Å². The second-order valence-corrected chi connectivity index (χ2v) is 23.7. The summed E-state index contributed by atoms with van der Waals surface area (Å²) in [5, 5.41) is 17.9. The predicted molar refractivity (Wildman–Crippen MR) is 341 cm³/mol. The van der Waals surface area contributed by atoms with Gasteiger partial charge in [0, 0.05) is 84.2 Å². The zero-order valence-corrected chi connectivity index (χ0v) is 54.5. The first-order valence-corrected chi connectivity index (χ1v) is 30.8. The van der Waals surface area contributed by atoms with Gasteiger partial charge < -0.3 is 64.5 Å². The molecule has 0 aliphatic carbocycles. The molecule has 480 valence electrons. The molecule has 2 aromatic carbocycles. The number of likely N-dealkylation sites (tertiary alicyclic amines) is 2. The molecule has 0 radical (unpaired) electrons. The van der Waals surface area contributed by atoms with Crippen molar-refractivity contribution in [1.82, 2.24) is 29.7 Å². The zero-order valence-electron chi connectivity index (χ0n) is 54.5. The molecular formula is C64H98N12O11. The molecule has 2 aromatic heterocycles. The Labute approximate surface area is 515 Å². The van der Waals surface area contributed by atoms with E-state index in [4.69, 9.17) is 34.0 Å². The van der Waals surface area contributed by atoms with E-state index in [1.807, 2.05) is 131 Å². The average molecular weight is 1210 g/mol. The summed E-state index contributed by atoms with van der Waals surface area (Å²) in [6.07, 6.45) is 7.30. The van der Waals surface area contributed by atoms with E-state index in [2.05, 4.69) is 25.9 Å². The van der Waals surface area contributed by atoms with Crippen LogP contribution < -0.4 is 40.1 Å². The van der Waals surface area contributed by atoms with Gasteiger partial charge in [0.2, 0.25) is 17.8 Å². The van der Waals surface area contributed by atoms with Gasteiger partial charge in [-0.25, -0.2) is 29.1 Å². The lowest BCUT2D eigenvalue weighted by atomic mass is 10.0. The molecule has 87 heavy (non-hydrogen) atoms. The lowest BCUT2D eigenvalue weighted by Crippen LogP contribution is -2.40. The van der Waals surface area contributed by atoms with E-state index < -0.39 is 35.2 Å². The van der Waals surface area contributed by atoms with Crippen LogP contribution in [0.5, 0.6) is 11.5 Å². The number of carbonyl (C=O) groups is 6. The SMILES string of the molecule is CC(C)C(=O)O.CCN(CC)c1ncc(N(CC)C(=O)C(C)C)c(N[C@H](Cc2ccc(OC(=O)N3CCCC3)cc2)C(=O)OC(C)(C)C)n1.CCNc1cnc(N(CC)CC)nc1N[C@H](Cc1ccc(OC(=O)N2CCCC2)cc1)C(=O)OC(C)(C)C. The molecule has 2 aliphatic rings. The van der Waals surface area contributed by atoms with E-state index in [0.717, 1.165) is 63.0 Å². The number of carboxylic acids is 1. The van der Waals surface area contributed by atoms with Crippen LogP contribution in [-0.2, 0) is 41.5 Å². The second-order valence-electron chi connectivity index (χ2n) is 23.7. The van der Waals surface area contributed by atoms with Crippen LogP contribution in [0.15, 0.2) is 60.9 Å². The minimum atomic E-state index is -0.830. The summed E-state index contributed by atoms with van der Waals surface area (Å²) < 4.78 is 22.6. The number of nitrogens with zero attached hydrogens (tertiary/aromatic N) is 9. The molecule has 2 fully saturated rings. The predicted octanol–water partition coefficient (Wildman–Crippen LogP) is 10.7. The van der Waals surface area contributed by atoms with Crippen molar-refractivity contribution in [3.8, 4) is 11.5 Å². The van der Waals surface area contributed by atoms with Crippen molar-refractivity contribution in [3.05, 3.63) is 72.1 Å². The zero-order chi connectivity index (χ0) is 64.6. The Morgan fingerprint density at radius 3 is 1.29 bits per heavy atom. The molecule has 0 spiro atoms. The highest BCUT2D eigenvalue weighted by Crippen LogP contribution is 2.30. The van der Waals surface area contributed by atoms with Crippen LogP contribution >= 0.6 is 0 Å². The number of hydrogen-bond donors (Lipinski definition) is 4. The summed E-state index contributed by atoms with van der Waals surface area (Å²) in [6.45, 7) is 36.9. The molecule has 2 atom stereocenters. The number of benzene rings is 2. The van der Waals surface area contributed by atoms with Gasteiger partial charge in [-0.3, -0.25) is 9.59 Å². The molecular weight excluding hydrogens is 1110 g/mol. The Balaban J connectivity index is 0.000000342. The van der Waals surface area contributed by atoms with Gasteiger partial charge in [-0.15, -0.1) is 0 Å². The highest BCUT2D eigenvalue weighted by molar-refractivity contribution is 5.97. The van der Waals surface area contributed by atoms with Crippen LogP contribution in [0.4, 0.5) is 44.5 Å². The number of anilines is 6. The Morgan fingerprint density at radius 1 is 0.563 bits per heavy atom. The number of aromatic nitrogens is 4. The summed E-state index contributed by atoms with van der Waals surface area (Å²) in [6, 6.07) is 12.8. The Morgan fingerprint density at radius 2 is 0.943 bits per heavy atom. The highest BCUT2D eigenvalue weighted by atomic mass is 16.6. The van der Waals surface area contributed by atoms with Crippen molar-refractivity contribution < 1.29 is 52.8 Å². The maximum Gasteiger partial charge on any atom is 0.415 e. The maximum absolute atomic E-state index is 13.6. The molecule has 0 saturated carbocycles. The third kappa shape index (κ3) is 23.3. The van der Waals surface area contributed by atoms with E-state index in [9.17, 15) is 28.8 Å². The number of carboxylic acid groups (broad SMARTS) is 1. The largest absolute Gasteiger partial charge is 0.481 e. The lowest BCUT2D eigenvalue weighted by Gasteiger charge is -2.29. The molecule has 23 heteroatoms. The Kier molecular flexibility index (Phi) is 28.3. The standard InChI is InChI=1S/C32H48N6O5.C28H42N6O4.C4H8O2/c1-9-36(10-2)30-33-21-26(38(11-3)28(39)22(4)5)27(35-30)34-25(29(40)43-32(6,7)8)20-23-14-16-24(17-15-23)42-31(41)37-18-12-13-19-37;1-7-29-23-19-30-26(33(8-2)9-3)32-24(23)31-22(25(35)38-28(4,5)6)18-20-12-14-21(15-13-20)37-27(36)34-16-10-11-17-34;1-3(2)4(5)6/h14-17,21-22,25H,9-13,18-20H2,1-8H3,(H,33,34,35);12-15,19,22,29H,7-11,16-18H2,1-6H3,(H,30,31,32);3H,1-2H3,(H,5,6)/t25-;22-;/m11./s1. The Hall–Kier alpha value is -7.98. The second kappa shape index (κ2) is 34.4. The van der Waals surface area contributed by atoms with Gasteiger partial charge in [0.15, 0.2) is 11.6 Å². The fourth-order valence-corrected chi connectivity index (χ4v) is 9.00. The number of carbonyl (C=O) groups excluding carboxylic acids is 5. The molecule has 3 amide bonds. The first-order valence-electron chi connectivity index (χ1n) is 30.8. The van der Waals surface area contributed by atoms with E-state index in [1.165, 1.54) is 0 Å². The summed E-state index contributed by atoms with van der Waals surface area (Å²) >= 11 is 0. The smallest absolute Gasteiger partial charge is 0.415 e. The molecule has 2 saturated heterocycles. The molecule has 0 unspecified atom stereocenters. The van der Waals surface area contributed by atoms with Gasteiger partial charge in [0.25, 0.3) is 0 Å². The minimum Gasteiger partial charge on any atom is -0.481 e. The normalized spacial score (nSPS) is 13.7. The van der Waals surface area contributed by atoms with Crippen molar-refractivity contribution in [2.24, 2.45) is 11.8 Å². The average Bonchev–Trinajstić information content (AvgIpc) is 1.84. The van der Waals surface area contributed by atoms with E-state index in [0.29, 0.717) is 92.1 Å². The fraction of sp³-hybridized carbons (Fsp3) is 0.594. The van der Waals surface area contributed by atoms with Gasteiger partial charge in [-0.2, -0.15) is 9.97 Å². The van der Waals surface area contributed by atoms with Crippen LogP contribution in [0.3, 0.4) is 0 Å². The van der Waals surface area contributed by atoms with E-state index >= 15 is 0 Å². The number of hydrogen-bond acceptors (Lipinski definition) is 19. The van der Waals surface area contributed by atoms with Crippen LogP contribution in [0.2, 0.25) is 0 Å². The van der Waals surface area contributed by atoms with E-state index in [-0.39, 0.29) is 42.3 Å². The quantitative estimate of drug-likeness (QED) is 0.0475. The summed E-state index contributed by atoms with van der Waals surface area (Å²) in [5.41, 5.74) is 1.56. The van der Waals surface area contributed by atoms with Gasteiger partial charge >= 0.3 is 30.1 Å². The third-order valence-corrected chi connectivity index (χ3v) is 13.7. The van der Waals surface area contributed by atoms with Crippen molar-refractivity contribution in [3.63, 3.8) is 0 Å². The molecule has 4 heterocycles. The van der Waals surface area contributed by atoms with Gasteiger partial charge in [0.05, 0.1) is 24.0 Å². The van der Waals surface area contributed by atoms with Crippen molar-refractivity contribution in [2.75, 3.05) is 96.1 Å². The number of amides is 3. The first-order chi connectivity index (χ1) is 41.1.